The Bertz CT molecular complexity index is 661. The summed E-state index contributed by atoms with van der Waals surface area (Å²) in [4.78, 5) is 27.4. The molecular weight excluding hydrogens is 302 g/mol. The monoisotopic (exact) mass is 319 g/mol. The summed E-state index contributed by atoms with van der Waals surface area (Å²) in [5.74, 6) is 1.22. The van der Waals surface area contributed by atoms with Gasteiger partial charge in [0.05, 0.1) is 18.7 Å². The number of carbonyl (C=O) groups excluding carboxylic acids is 1. The summed E-state index contributed by atoms with van der Waals surface area (Å²) >= 11 is 1.41. The highest BCUT2D eigenvalue weighted by Crippen LogP contribution is 2.24. The highest BCUT2D eigenvalue weighted by Gasteiger charge is 2.32. The summed E-state index contributed by atoms with van der Waals surface area (Å²) < 4.78 is 5.54. The molecule has 0 saturated carbocycles. The highest BCUT2D eigenvalue weighted by atomic mass is 32.1. The van der Waals surface area contributed by atoms with Gasteiger partial charge in [-0.15, -0.1) is 11.3 Å². The third-order valence-corrected chi connectivity index (χ3v) is 4.05. The van der Waals surface area contributed by atoms with Crippen molar-refractivity contribution in [2.45, 2.75) is 13.0 Å². The van der Waals surface area contributed by atoms with Gasteiger partial charge in [-0.05, 0) is 6.92 Å². The fourth-order valence-electron chi connectivity index (χ4n) is 2.39. The Morgan fingerprint density at radius 2 is 2.36 bits per heavy atom. The number of nitrogens with one attached hydrogen (secondary N) is 1. The Morgan fingerprint density at radius 3 is 3.09 bits per heavy atom. The van der Waals surface area contributed by atoms with Crippen molar-refractivity contribution in [3.05, 3.63) is 34.2 Å². The first-order valence-corrected chi connectivity index (χ1v) is 7.93. The van der Waals surface area contributed by atoms with Gasteiger partial charge < -0.3 is 15.0 Å². The number of carbonyl (C=O) groups is 1. The van der Waals surface area contributed by atoms with Crippen LogP contribution in [0.2, 0.25) is 0 Å². The maximum absolute atomic E-state index is 12.6. The smallest absolute Gasteiger partial charge is 0.274 e. The highest BCUT2D eigenvalue weighted by molar-refractivity contribution is 7.07. The lowest BCUT2D eigenvalue weighted by atomic mass is 10.2. The van der Waals surface area contributed by atoms with Crippen molar-refractivity contribution in [3.8, 4) is 0 Å². The molecule has 1 N–H and O–H groups in total. The van der Waals surface area contributed by atoms with Gasteiger partial charge in [0.1, 0.15) is 17.6 Å². The summed E-state index contributed by atoms with van der Waals surface area (Å²) in [7, 11) is 1.81. The van der Waals surface area contributed by atoms with Crippen LogP contribution in [0.1, 0.15) is 28.0 Å². The maximum atomic E-state index is 12.6. The number of nitrogens with zero attached hydrogens (tertiary/aromatic N) is 4. The van der Waals surface area contributed by atoms with Crippen molar-refractivity contribution >= 4 is 23.1 Å². The third-order valence-electron chi connectivity index (χ3n) is 3.47. The SMILES string of the molecule is CNc1cc(C)nc([C@H]2COCCN2C(=O)c2cscn2)n1. The molecule has 3 rings (SSSR count). The molecule has 2 aromatic rings. The van der Waals surface area contributed by atoms with E-state index >= 15 is 0 Å². The molecule has 0 bridgehead atoms. The van der Waals surface area contributed by atoms with Gasteiger partial charge in [-0.2, -0.15) is 0 Å². The van der Waals surface area contributed by atoms with Crippen LogP contribution >= 0.6 is 11.3 Å². The summed E-state index contributed by atoms with van der Waals surface area (Å²) in [6.07, 6.45) is 0. The van der Waals surface area contributed by atoms with E-state index in [1.165, 1.54) is 11.3 Å². The molecule has 1 saturated heterocycles. The zero-order chi connectivity index (χ0) is 15.5. The number of anilines is 1. The normalized spacial score (nSPS) is 18.3. The van der Waals surface area contributed by atoms with E-state index in [4.69, 9.17) is 4.74 Å². The van der Waals surface area contributed by atoms with Gasteiger partial charge in [-0.1, -0.05) is 0 Å². The van der Waals surface area contributed by atoms with Gasteiger partial charge >= 0.3 is 0 Å². The van der Waals surface area contributed by atoms with Gasteiger partial charge in [-0.3, -0.25) is 4.79 Å². The third kappa shape index (κ3) is 2.93. The first-order chi connectivity index (χ1) is 10.7. The maximum Gasteiger partial charge on any atom is 0.274 e. The molecule has 116 valence electrons. The lowest BCUT2D eigenvalue weighted by Crippen LogP contribution is -2.44. The van der Waals surface area contributed by atoms with E-state index in [9.17, 15) is 4.79 Å². The van der Waals surface area contributed by atoms with E-state index in [2.05, 4.69) is 20.3 Å². The number of hydrogen-bond acceptors (Lipinski definition) is 7. The molecule has 0 spiro atoms. The van der Waals surface area contributed by atoms with E-state index < -0.39 is 0 Å². The largest absolute Gasteiger partial charge is 0.377 e. The molecule has 0 aromatic carbocycles. The molecule has 0 aliphatic carbocycles. The number of aromatic nitrogens is 3. The van der Waals surface area contributed by atoms with Crippen LogP contribution in [-0.4, -0.2) is 52.6 Å². The second-order valence-corrected chi connectivity index (χ2v) is 5.68. The fraction of sp³-hybridized carbons (Fsp3) is 0.429. The van der Waals surface area contributed by atoms with Crippen LogP contribution in [0.5, 0.6) is 0 Å². The summed E-state index contributed by atoms with van der Waals surface area (Å²) in [6.45, 7) is 3.31. The summed E-state index contributed by atoms with van der Waals surface area (Å²) in [5, 5.41) is 4.77. The first kappa shape index (κ1) is 14.9. The van der Waals surface area contributed by atoms with Crippen LogP contribution in [0, 0.1) is 6.92 Å². The number of morpholine rings is 1. The predicted molar refractivity (Wildman–Crippen MR) is 83.0 cm³/mol. The number of ether oxygens (including phenoxy) is 1. The molecule has 0 unspecified atom stereocenters. The summed E-state index contributed by atoms with van der Waals surface area (Å²) in [6, 6.07) is 1.56. The fourth-order valence-corrected chi connectivity index (χ4v) is 2.92. The Kier molecular flexibility index (Phi) is 4.30. The number of amides is 1. The van der Waals surface area contributed by atoms with Crippen LogP contribution in [0.3, 0.4) is 0 Å². The Balaban J connectivity index is 1.93. The second kappa shape index (κ2) is 6.37. The van der Waals surface area contributed by atoms with Gasteiger partial charge in [-0.25, -0.2) is 15.0 Å². The molecule has 7 nitrogen and oxygen atoms in total. The van der Waals surface area contributed by atoms with Crippen molar-refractivity contribution in [2.75, 3.05) is 32.1 Å². The number of thiazole rings is 1. The lowest BCUT2D eigenvalue weighted by molar-refractivity contribution is -0.00549. The van der Waals surface area contributed by atoms with Crippen LogP contribution in [0.15, 0.2) is 17.0 Å². The molecule has 1 aliphatic rings. The van der Waals surface area contributed by atoms with Crippen molar-refractivity contribution in [2.24, 2.45) is 0 Å². The van der Waals surface area contributed by atoms with E-state index in [0.29, 0.717) is 31.3 Å². The van der Waals surface area contributed by atoms with Gasteiger partial charge in [0, 0.05) is 30.7 Å². The standard InChI is InChI=1S/C14H17N5O2S/c1-9-5-12(15-2)18-13(17-9)11-6-21-4-3-19(11)14(20)10-7-22-8-16-10/h5,7-8,11H,3-4,6H2,1-2H3,(H,15,17,18)/t11-/m1/s1. The number of aryl methyl sites for hydroxylation is 1. The van der Waals surface area contributed by atoms with Crippen LogP contribution < -0.4 is 5.32 Å². The van der Waals surface area contributed by atoms with E-state index in [-0.39, 0.29) is 11.9 Å². The molecule has 1 aliphatic heterocycles. The van der Waals surface area contributed by atoms with Crippen LogP contribution in [0.25, 0.3) is 0 Å². The minimum atomic E-state index is -0.296. The molecule has 22 heavy (non-hydrogen) atoms. The molecule has 1 fully saturated rings. The van der Waals surface area contributed by atoms with Crippen molar-refractivity contribution < 1.29 is 9.53 Å². The zero-order valence-corrected chi connectivity index (χ0v) is 13.3. The van der Waals surface area contributed by atoms with Crippen molar-refractivity contribution in [1.82, 2.24) is 19.9 Å². The zero-order valence-electron chi connectivity index (χ0n) is 12.4. The quantitative estimate of drug-likeness (QED) is 0.923. The van der Waals surface area contributed by atoms with Crippen molar-refractivity contribution in [3.63, 3.8) is 0 Å². The molecule has 1 amide bonds. The lowest BCUT2D eigenvalue weighted by Gasteiger charge is -2.34. The minimum Gasteiger partial charge on any atom is -0.377 e. The topological polar surface area (TPSA) is 80.2 Å². The van der Waals surface area contributed by atoms with Crippen LogP contribution in [0.4, 0.5) is 5.82 Å². The second-order valence-electron chi connectivity index (χ2n) is 4.97. The van der Waals surface area contributed by atoms with Gasteiger partial charge in [0.25, 0.3) is 5.91 Å². The van der Waals surface area contributed by atoms with Gasteiger partial charge in [0.2, 0.25) is 0 Å². The molecule has 3 heterocycles. The Hall–Kier alpha value is -2.06. The number of hydrogen-bond donors (Lipinski definition) is 1. The minimum absolute atomic E-state index is 0.106. The average Bonchev–Trinajstić information content (AvgIpc) is 3.08. The molecular formula is C14H17N5O2S. The molecule has 2 aromatic heterocycles. The van der Waals surface area contributed by atoms with Crippen molar-refractivity contribution in [1.29, 1.82) is 0 Å². The Morgan fingerprint density at radius 1 is 1.50 bits per heavy atom. The van der Waals surface area contributed by atoms with Crippen LogP contribution in [-0.2, 0) is 4.74 Å². The molecule has 8 heteroatoms. The first-order valence-electron chi connectivity index (χ1n) is 6.99. The molecule has 0 radical (unpaired) electrons. The summed E-state index contributed by atoms with van der Waals surface area (Å²) in [5.41, 5.74) is 2.96. The van der Waals surface area contributed by atoms with E-state index in [1.807, 2.05) is 13.0 Å². The average molecular weight is 319 g/mol. The van der Waals surface area contributed by atoms with Gasteiger partial charge in [0.15, 0.2) is 5.82 Å². The number of rotatable bonds is 3. The van der Waals surface area contributed by atoms with E-state index in [1.54, 1.807) is 22.8 Å². The Labute approximate surface area is 132 Å². The molecule has 1 atom stereocenters. The van der Waals surface area contributed by atoms with E-state index in [0.717, 1.165) is 11.5 Å². The predicted octanol–water partition coefficient (Wildman–Crippen LogP) is 1.50.